The third-order valence-corrected chi connectivity index (χ3v) is 5.17. The van der Waals surface area contributed by atoms with E-state index in [0.717, 1.165) is 22.4 Å². The summed E-state index contributed by atoms with van der Waals surface area (Å²) < 4.78 is 6.92. The molecule has 6 heteroatoms. The van der Waals surface area contributed by atoms with Gasteiger partial charge in [0.1, 0.15) is 5.15 Å². The number of hydrogen-bond acceptors (Lipinski definition) is 3. The van der Waals surface area contributed by atoms with Gasteiger partial charge in [-0.2, -0.15) is 5.10 Å². The minimum Gasteiger partial charge on any atom is -0.383 e. The molecule has 0 radical (unpaired) electrons. The van der Waals surface area contributed by atoms with Crippen molar-refractivity contribution < 1.29 is 9.53 Å². The standard InChI is InChI=1S/C24H26ClN3O2/c1-19-22(24(25)28(26-19)18-21-11-7-4-8-12-21)13-14-23(29)27(15-16-30-2)17-20-9-5-3-6-10-20/h3-14H,15-18H2,1-2H3. The van der Waals surface area contributed by atoms with Gasteiger partial charge in [0.05, 0.1) is 18.8 Å². The highest BCUT2D eigenvalue weighted by molar-refractivity contribution is 6.31. The van der Waals surface area contributed by atoms with E-state index in [1.165, 1.54) is 0 Å². The zero-order valence-electron chi connectivity index (χ0n) is 17.3. The number of halogens is 1. The van der Waals surface area contributed by atoms with Crippen molar-refractivity contribution >= 4 is 23.6 Å². The molecule has 1 aromatic heterocycles. The van der Waals surface area contributed by atoms with Gasteiger partial charge in [0.15, 0.2) is 0 Å². The van der Waals surface area contributed by atoms with Crippen LogP contribution in [0.1, 0.15) is 22.4 Å². The molecule has 0 aliphatic rings. The van der Waals surface area contributed by atoms with Crippen LogP contribution in [0.2, 0.25) is 5.15 Å². The quantitative estimate of drug-likeness (QED) is 0.473. The minimum absolute atomic E-state index is 0.0952. The molecule has 0 saturated carbocycles. The van der Waals surface area contributed by atoms with E-state index in [4.69, 9.17) is 16.3 Å². The second-order valence-corrected chi connectivity index (χ2v) is 7.36. The molecule has 3 rings (SSSR count). The number of methoxy groups -OCH3 is 1. The van der Waals surface area contributed by atoms with E-state index in [2.05, 4.69) is 5.10 Å². The monoisotopic (exact) mass is 423 g/mol. The molecule has 0 spiro atoms. The molecule has 0 N–H and O–H groups in total. The number of carbonyl (C=O) groups is 1. The molecule has 156 valence electrons. The summed E-state index contributed by atoms with van der Waals surface area (Å²) in [4.78, 5) is 14.6. The summed E-state index contributed by atoms with van der Waals surface area (Å²) in [5.41, 5.74) is 3.72. The van der Waals surface area contributed by atoms with E-state index in [1.54, 1.807) is 28.8 Å². The predicted octanol–water partition coefficient (Wildman–Crippen LogP) is 4.58. The summed E-state index contributed by atoms with van der Waals surface area (Å²) in [5.74, 6) is -0.0952. The fourth-order valence-electron chi connectivity index (χ4n) is 3.15. The fraction of sp³-hybridized carbons (Fsp3) is 0.250. The molecule has 0 aliphatic carbocycles. The summed E-state index contributed by atoms with van der Waals surface area (Å²) in [6.45, 7) is 3.98. The number of rotatable bonds is 9. The molecule has 5 nitrogen and oxygen atoms in total. The predicted molar refractivity (Wildman–Crippen MR) is 120 cm³/mol. The zero-order valence-corrected chi connectivity index (χ0v) is 18.0. The second kappa shape index (κ2) is 10.8. The first kappa shape index (κ1) is 21.8. The van der Waals surface area contributed by atoms with Crippen LogP contribution >= 0.6 is 11.6 Å². The summed E-state index contributed by atoms with van der Waals surface area (Å²) in [5, 5.41) is 5.05. The average molecular weight is 424 g/mol. The number of aromatic nitrogens is 2. The Hall–Kier alpha value is -2.89. The number of amides is 1. The number of aryl methyl sites for hydroxylation is 1. The molecule has 1 heterocycles. The Morgan fingerprint density at radius 2 is 1.73 bits per heavy atom. The normalized spacial score (nSPS) is 11.2. The van der Waals surface area contributed by atoms with Gasteiger partial charge in [0, 0.05) is 31.8 Å². The van der Waals surface area contributed by atoms with Gasteiger partial charge in [-0.05, 0) is 24.1 Å². The van der Waals surface area contributed by atoms with E-state index in [0.29, 0.717) is 31.4 Å². The van der Waals surface area contributed by atoms with Crippen LogP contribution < -0.4 is 0 Å². The molecule has 3 aromatic rings. The molecule has 0 aliphatic heterocycles. The van der Waals surface area contributed by atoms with Crippen LogP contribution in [0, 0.1) is 6.92 Å². The largest absolute Gasteiger partial charge is 0.383 e. The fourth-order valence-corrected chi connectivity index (χ4v) is 3.45. The molecule has 0 bridgehead atoms. The Kier molecular flexibility index (Phi) is 7.82. The maximum atomic E-state index is 12.9. The first-order chi connectivity index (χ1) is 14.6. The van der Waals surface area contributed by atoms with Gasteiger partial charge in [0.2, 0.25) is 5.91 Å². The highest BCUT2D eigenvalue weighted by atomic mass is 35.5. The van der Waals surface area contributed by atoms with Crippen LogP contribution in [0.5, 0.6) is 0 Å². The number of carbonyl (C=O) groups excluding carboxylic acids is 1. The number of nitrogens with zero attached hydrogens (tertiary/aromatic N) is 3. The van der Waals surface area contributed by atoms with Crippen LogP contribution in [-0.4, -0.2) is 40.8 Å². The van der Waals surface area contributed by atoms with Gasteiger partial charge in [0.25, 0.3) is 0 Å². The lowest BCUT2D eigenvalue weighted by molar-refractivity contribution is -0.127. The first-order valence-corrected chi connectivity index (χ1v) is 10.2. The molecule has 0 saturated heterocycles. The number of benzene rings is 2. The van der Waals surface area contributed by atoms with Crippen LogP contribution in [0.25, 0.3) is 6.08 Å². The molecule has 2 aromatic carbocycles. The van der Waals surface area contributed by atoms with E-state index < -0.39 is 0 Å². The Balaban J connectivity index is 1.74. The number of hydrogen-bond donors (Lipinski definition) is 0. The van der Waals surface area contributed by atoms with Crippen molar-refractivity contribution in [3.05, 3.63) is 94.3 Å². The first-order valence-electron chi connectivity index (χ1n) is 9.85. The van der Waals surface area contributed by atoms with Gasteiger partial charge in [-0.15, -0.1) is 0 Å². The third kappa shape index (κ3) is 5.81. The van der Waals surface area contributed by atoms with Crippen LogP contribution in [0.3, 0.4) is 0 Å². The maximum absolute atomic E-state index is 12.9. The maximum Gasteiger partial charge on any atom is 0.246 e. The molecule has 1 amide bonds. The Morgan fingerprint density at radius 3 is 2.37 bits per heavy atom. The Labute approximate surface area is 182 Å². The van der Waals surface area contributed by atoms with E-state index in [9.17, 15) is 4.79 Å². The molecule has 0 fully saturated rings. The van der Waals surface area contributed by atoms with Crippen LogP contribution in [0.15, 0.2) is 66.7 Å². The lowest BCUT2D eigenvalue weighted by Crippen LogP contribution is -2.32. The number of ether oxygens (including phenoxy) is 1. The van der Waals surface area contributed by atoms with Crippen molar-refractivity contribution in [1.29, 1.82) is 0 Å². The van der Waals surface area contributed by atoms with Crippen molar-refractivity contribution in [2.24, 2.45) is 0 Å². The van der Waals surface area contributed by atoms with Crippen molar-refractivity contribution in [1.82, 2.24) is 14.7 Å². The van der Waals surface area contributed by atoms with Gasteiger partial charge in [-0.3, -0.25) is 4.79 Å². The van der Waals surface area contributed by atoms with Gasteiger partial charge >= 0.3 is 0 Å². The van der Waals surface area contributed by atoms with Crippen molar-refractivity contribution in [3.63, 3.8) is 0 Å². The topological polar surface area (TPSA) is 47.4 Å². The van der Waals surface area contributed by atoms with E-state index in [1.807, 2.05) is 67.6 Å². The molecular weight excluding hydrogens is 398 g/mol. The lowest BCUT2D eigenvalue weighted by Gasteiger charge is -2.21. The minimum atomic E-state index is -0.0952. The summed E-state index contributed by atoms with van der Waals surface area (Å²) in [7, 11) is 1.63. The van der Waals surface area contributed by atoms with Crippen molar-refractivity contribution in [3.8, 4) is 0 Å². The summed E-state index contributed by atoms with van der Waals surface area (Å²) in [6, 6.07) is 19.9. The second-order valence-electron chi connectivity index (χ2n) is 7.00. The van der Waals surface area contributed by atoms with E-state index >= 15 is 0 Å². The van der Waals surface area contributed by atoms with Crippen LogP contribution in [0.4, 0.5) is 0 Å². The molecular formula is C24H26ClN3O2. The molecule has 0 unspecified atom stereocenters. The molecule has 30 heavy (non-hydrogen) atoms. The van der Waals surface area contributed by atoms with Crippen molar-refractivity contribution in [2.75, 3.05) is 20.3 Å². The smallest absolute Gasteiger partial charge is 0.246 e. The highest BCUT2D eigenvalue weighted by Crippen LogP contribution is 2.22. The van der Waals surface area contributed by atoms with Gasteiger partial charge < -0.3 is 9.64 Å². The Bertz CT molecular complexity index is 984. The van der Waals surface area contributed by atoms with Crippen molar-refractivity contribution in [2.45, 2.75) is 20.0 Å². The van der Waals surface area contributed by atoms with Gasteiger partial charge in [-0.1, -0.05) is 72.3 Å². The highest BCUT2D eigenvalue weighted by Gasteiger charge is 2.14. The zero-order chi connectivity index (χ0) is 21.3. The summed E-state index contributed by atoms with van der Waals surface area (Å²) in [6.07, 6.45) is 3.31. The average Bonchev–Trinajstić information content (AvgIpc) is 3.03. The van der Waals surface area contributed by atoms with Gasteiger partial charge in [-0.25, -0.2) is 4.68 Å². The molecule has 0 atom stereocenters. The SMILES string of the molecule is COCCN(Cc1ccccc1)C(=O)C=Cc1c(C)nn(Cc2ccccc2)c1Cl. The third-order valence-electron chi connectivity index (χ3n) is 4.77. The summed E-state index contributed by atoms with van der Waals surface area (Å²) >= 11 is 6.56. The lowest BCUT2D eigenvalue weighted by atomic mass is 10.2. The Morgan fingerprint density at radius 1 is 1.10 bits per heavy atom. The van der Waals surface area contributed by atoms with E-state index in [-0.39, 0.29) is 5.91 Å². The van der Waals surface area contributed by atoms with Crippen LogP contribution in [-0.2, 0) is 22.6 Å².